The van der Waals surface area contributed by atoms with Crippen molar-refractivity contribution >= 4 is 38.9 Å². The molecule has 0 spiro atoms. The van der Waals surface area contributed by atoms with E-state index in [1.807, 2.05) is 0 Å². The second kappa shape index (κ2) is 6.33. The normalized spacial score (nSPS) is 16.9. The first kappa shape index (κ1) is 16.6. The number of hydrogen-bond donors (Lipinski definition) is 1. The highest BCUT2D eigenvalue weighted by molar-refractivity contribution is 7.92. The van der Waals surface area contributed by atoms with Gasteiger partial charge in [-0.2, -0.15) is 0 Å². The Kier molecular flexibility index (Phi) is 4.38. The molecule has 0 aromatic heterocycles. The van der Waals surface area contributed by atoms with E-state index in [0.29, 0.717) is 22.1 Å². The van der Waals surface area contributed by atoms with Gasteiger partial charge >= 0.3 is 0 Å². The van der Waals surface area contributed by atoms with Crippen LogP contribution < -0.4 is 14.4 Å². The highest BCUT2D eigenvalue weighted by Gasteiger charge is 2.34. The van der Waals surface area contributed by atoms with Crippen LogP contribution in [0.25, 0.3) is 0 Å². The van der Waals surface area contributed by atoms with Crippen molar-refractivity contribution in [1.29, 1.82) is 0 Å². The SMILES string of the molecule is CS(=O)(=O)N1C[C@H](C(=O)Nc2ccc(Cl)cc2)Oc2ccccc21. The van der Waals surface area contributed by atoms with Crippen LogP contribution in [0.15, 0.2) is 48.5 Å². The van der Waals surface area contributed by atoms with E-state index < -0.39 is 22.0 Å². The molecule has 0 fully saturated rings. The number of sulfonamides is 1. The summed E-state index contributed by atoms with van der Waals surface area (Å²) in [4.78, 5) is 12.4. The van der Waals surface area contributed by atoms with Gasteiger partial charge in [0, 0.05) is 10.7 Å². The molecule has 3 rings (SSSR count). The molecule has 0 bridgehead atoms. The van der Waals surface area contributed by atoms with E-state index in [0.717, 1.165) is 6.26 Å². The van der Waals surface area contributed by atoms with Gasteiger partial charge in [0.15, 0.2) is 6.10 Å². The second-order valence-corrected chi connectivity index (χ2v) is 7.71. The maximum atomic E-state index is 12.4. The number of rotatable bonds is 3. The minimum absolute atomic E-state index is 0.0880. The Morgan fingerprint density at radius 3 is 2.54 bits per heavy atom. The van der Waals surface area contributed by atoms with Gasteiger partial charge in [0.2, 0.25) is 10.0 Å². The van der Waals surface area contributed by atoms with E-state index in [4.69, 9.17) is 16.3 Å². The zero-order valence-electron chi connectivity index (χ0n) is 12.8. The Labute approximate surface area is 145 Å². The largest absolute Gasteiger partial charge is 0.476 e. The summed E-state index contributed by atoms with van der Waals surface area (Å²) < 4.78 is 30.9. The predicted molar refractivity (Wildman–Crippen MR) is 93.1 cm³/mol. The van der Waals surface area contributed by atoms with Gasteiger partial charge in [0.25, 0.3) is 5.91 Å². The third kappa shape index (κ3) is 3.47. The van der Waals surface area contributed by atoms with E-state index in [1.54, 1.807) is 48.5 Å². The van der Waals surface area contributed by atoms with Gasteiger partial charge in [-0.25, -0.2) is 8.42 Å². The van der Waals surface area contributed by atoms with Crippen LogP contribution in [0.3, 0.4) is 0 Å². The number of ether oxygens (including phenoxy) is 1. The molecule has 0 aliphatic carbocycles. The molecule has 1 atom stereocenters. The van der Waals surface area contributed by atoms with E-state index in [2.05, 4.69) is 5.32 Å². The van der Waals surface area contributed by atoms with Gasteiger partial charge in [0.05, 0.1) is 18.5 Å². The fourth-order valence-electron chi connectivity index (χ4n) is 2.41. The summed E-state index contributed by atoms with van der Waals surface area (Å²) in [5.41, 5.74) is 0.980. The molecule has 0 radical (unpaired) electrons. The number of fused-ring (bicyclic) bond motifs is 1. The number of amides is 1. The Hall–Kier alpha value is -2.25. The number of halogens is 1. The van der Waals surface area contributed by atoms with Crippen LogP contribution in [0.4, 0.5) is 11.4 Å². The predicted octanol–water partition coefficient (Wildman–Crippen LogP) is 2.51. The van der Waals surface area contributed by atoms with E-state index >= 15 is 0 Å². The fourth-order valence-corrected chi connectivity index (χ4v) is 3.45. The zero-order chi connectivity index (χ0) is 17.3. The number of carbonyl (C=O) groups is 1. The number of nitrogens with one attached hydrogen (secondary N) is 1. The van der Waals surface area contributed by atoms with Crippen molar-refractivity contribution in [1.82, 2.24) is 0 Å². The quantitative estimate of drug-likeness (QED) is 0.905. The van der Waals surface area contributed by atoms with Crippen LogP contribution in [0, 0.1) is 0 Å². The smallest absolute Gasteiger partial charge is 0.267 e. The van der Waals surface area contributed by atoms with Crippen LogP contribution in [-0.2, 0) is 14.8 Å². The van der Waals surface area contributed by atoms with Crippen molar-refractivity contribution in [3.63, 3.8) is 0 Å². The lowest BCUT2D eigenvalue weighted by Crippen LogP contribution is -2.48. The van der Waals surface area contributed by atoms with Crippen molar-refractivity contribution in [3.8, 4) is 5.75 Å². The van der Waals surface area contributed by atoms with Gasteiger partial charge < -0.3 is 10.1 Å². The van der Waals surface area contributed by atoms with Gasteiger partial charge in [-0.05, 0) is 36.4 Å². The number of hydrogen-bond acceptors (Lipinski definition) is 4. The van der Waals surface area contributed by atoms with Gasteiger partial charge in [-0.1, -0.05) is 23.7 Å². The molecule has 0 saturated carbocycles. The molecule has 2 aromatic carbocycles. The second-order valence-electron chi connectivity index (χ2n) is 5.36. The number of anilines is 2. The first-order valence-electron chi connectivity index (χ1n) is 7.14. The summed E-state index contributed by atoms with van der Waals surface area (Å²) in [7, 11) is -3.53. The third-order valence-corrected chi connectivity index (χ3v) is 4.94. The fraction of sp³-hybridized carbons (Fsp3) is 0.188. The highest BCUT2D eigenvalue weighted by atomic mass is 35.5. The Morgan fingerprint density at radius 1 is 1.21 bits per heavy atom. The minimum Gasteiger partial charge on any atom is -0.476 e. The molecule has 0 unspecified atom stereocenters. The first-order chi connectivity index (χ1) is 11.3. The monoisotopic (exact) mass is 366 g/mol. The summed E-state index contributed by atoms with van der Waals surface area (Å²) in [6.45, 7) is -0.0880. The van der Waals surface area contributed by atoms with E-state index in [9.17, 15) is 13.2 Å². The lowest BCUT2D eigenvalue weighted by molar-refractivity contribution is -0.122. The summed E-state index contributed by atoms with van der Waals surface area (Å²) >= 11 is 5.81. The molecule has 1 N–H and O–H groups in total. The summed E-state index contributed by atoms with van der Waals surface area (Å²) in [5, 5.41) is 3.25. The molecule has 24 heavy (non-hydrogen) atoms. The molecule has 1 heterocycles. The minimum atomic E-state index is -3.53. The number of carbonyl (C=O) groups excluding carboxylic acids is 1. The number of benzene rings is 2. The van der Waals surface area contributed by atoms with Gasteiger partial charge in [-0.3, -0.25) is 9.10 Å². The molecule has 1 amide bonds. The van der Waals surface area contributed by atoms with Crippen molar-refractivity contribution in [2.75, 3.05) is 22.4 Å². The summed E-state index contributed by atoms with van der Waals surface area (Å²) in [6.07, 6.45) is 0.147. The first-order valence-corrected chi connectivity index (χ1v) is 9.37. The maximum absolute atomic E-state index is 12.4. The van der Waals surface area contributed by atoms with Crippen LogP contribution >= 0.6 is 11.6 Å². The zero-order valence-corrected chi connectivity index (χ0v) is 14.3. The number of nitrogens with zero attached hydrogens (tertiary/aromatic N) is 1. The Bertz CT molecular complexity index is 868. The third-order valence-electron chi connectivity index (χ3n) is 3.54. The van der Waals surface area contributed by atoms with Crippen molar-refractivity contribution in [3.05, 3.63) is 53.6 Å². The maximum Gasteiger partial charge on any atom is 0.267 e. The summed E-state index contributed by atoms with van der Waals surface area (Å²) in [5.74, 6) is -0.0779. The average Bonchev–Trinajstić information content (AvgIpc) is 2.55. The number of para-hydroxylation sites is 2. The molecule has 6 nitrogen and oxygen atoms in total. The molecule has 1 aliphatic heterocycles. The van der Waals surface area contributed by atoms with Crippen LogP contribution in [-0.4, -0.2) is 33.2 Å². The molecule has 1 aliphatic rings. The van der Waals surface area contributed by atoms with Gasteiger partial charge in [-0.15, -0.1) is 0 Å². The highest BCUT2D eigenvalue weighted by Crippen LogP contribution is 2.34. The lowest BCUT2D eigenvalue weighted by Gasteiger charge is -2.33. The standard InChI is InChI=1S/C16H15ClN2O4S/c1-24(21,22)19-10-15(23-14-5-3-2-4-13(14)19)16(20)18-12-8-6-11(17)7-9-12/h2-9,15H,10H2,1H3,(H,18,20)/t15-/m1/s1. The summed E-state index contributed by atoms with van der Waals surface area (Å²) in [6, 6.07) is 13.3. The topological polar surface area (TPSA) is 75.7 Å². The van der Waals surface area contributed by atoms with Crippen LogP contribution in [0.5, 0.6) is 5.75 Å². The molecule has 8 heteroatoms. The Balaban J connectivity index is 1.85. The molecule has 126 valence electrons. The van der Waals surface area contributed by atoms with Crippen molar-refractivity contribution in [2.24, 2.45) is 0 Å². The van der Waals surface area contributed by atoms with E-state index in [-0.39, 0.29) is 6.54 Å². The van der Waals surface area contributed by atoms with Crippen molar-refractivity contribution < 1.29 is 17.9 Å². The molecular weight excluding hydrogens is 352 g/mol. The van der Waals surface area contributed by atoms with Gasteiger partial charge in [0.1, 0.15) is 5.75 Å². The van der Waals surface area contributed by atoms with Crippen molar-refractivity contribution in [2.45, 2.75) is 6.10 Å². The Morgan fingerprint density at radius 2 is 1.88 bits per heavy atom. The molecule has 0 saturated heterocycles. The molecule has 2 aromatic rings. The van der Waals surface area contributed by atoms with E-state index in [1.165, 1.54) is 4.31 Å². The average molecular weight is 367 g/mol. The lowest BCUT2D eigenvalue weighted by atomic mass is 10.2. The molecular formula is C16H15ClN2O4S. The van der Waals surface area contributed by atoms with Crippen LogP contribution in [0.1, 0.15) is 0 Å². The van der Waals surface area contributed by atoms with Crippen LogP contribution in [0.2, 0.25) is 5.02 Å².